The lowest BCUT2D eigenvalue weighted by atomic mass is 10.5. The molecule has 3 rings (SSSR count). The van der Waals surface area contributed by atoms with Gasteiger partial charge < -0.3 is 15.3 Å². The number of imidazole rings is 2. The molecular weight excluding hydrogens is 208 g/mol. The Balaban J connectivity index is 1.91. The number of urea groups is 1. The van der Waals surface area contributed by atoms with Crippen LogP contribution in [0, 0.1) is 0 Å². The number of H-pyrrole nitrogens is 2. The fourth-order valence-electron chi connectivity index (χ4n) is 1.67. The highest BCUT2D eigenvalue weighted by molar-refractivity contribution is 5.93. The molecule has 3 heterocycles. The van der Waals surface area contributed by atoms with Crippen molar-refractivity contribution >= 4 is 11.8 Å². The quantitative estimate of drug-likeness (QED) is 0.678. The Labute approximate surface area is 90.9 Å². The summed E-state index contributed by atoms with van der Waals surface area (Å²) in [6.07, 6.45) is 5.00. The first-order chi connectivity index (χ1) is 7.84. The van der Waals surface area contributed by atoms with E-state index in [-0.39, 0.29) is 6.03 Å². The first kappa shape index (κ1) is 8.96. The maximum atomic E-state index is 11.4. The van der Waals surface area contributed by atoms with Gasteiger partial charge in [-0.2, -0.15) is 0 Å². The summed E-state index contributed by atoms with van der Waals surface area (Å²) >= 11 is 0. The summed E-state index contributed by atoms with van der Waals surface area (Å²) in [7, 11) is 0. The number of aromatic amines is 2. The van der Waals surface area contributed by atoms with Crippen molar-refractivity contribution in [2.75, 3.05) is 18.0 Å². The Morgan fingerprint density at radius 1 is 1.31 bits per heavy atom. The van der Waals surface area contributed by atoms with Gasteiger partial charge in [-0.15, -0.1) is 0 Å². The van der Waals surface area contributed by atoms with E-state index in [4.69, 9.17) is 0 Å². The van der Waals surface area contributed by atoms with Crippen LogP contribution in [-0.2, 0) is 0 Å². The number of carbonyl (C=O) groups is 1. The zero-order valence-electron chi connectivity index (χ0n) is 8.40. The second kappa shape index (κ2) is 3.37. The second-order valence-electron chi connectivity index (χ2n) is 3.44. The number of nitrogens with zero attached hydrogens (tertiary/aromatic N) is 3. The van der Waals surface area contributed by atoms with Gasteiger partial charge in [-0.1, -0.05) is 0 Å². The highest BCUT2D eigenvalue weighted by Gasteiger charge is 2.23. The van der Waals surface area contributed by atoms with Crippen LogP contribution in [0.5, 0.6) is 0 Å². The van der Waals surface area contributed by atoms with Crippen LogP contribution in [0.15, 0.2) is 18.6 Å². The molecule has 1 saturated heterocycles. The molecule has 1 fully saturated rings. The minimum Gasteiger partial charge on any atom is -0.342 e. The molecular formula is C9H10N6O. The third kappa shape index (κ3) is 1.33. The number of hydrogen-bond donors (Lipinski definition) is 3. The monoisotopic (exact) mass is 218 g/mol. The van der Waals surface area contributed by atoms with E-state index in [2.05, 4.69) is 25.3 Å². The maximum absolute atomic E-state index is 11.4. The van der Waals surface area contributed by atoms with Gasteiger partial charge in [0, 0.05) is 25.5 Å². The molecule has 0 bridgehead atoms. The fraction of sp³-hybridized carbons (Fsp3) is 0.222. The van der Waals surface area contributed by atoms with Crippen LogP contribution in [0.4, 0.5) is 10.6 Å². The van der Waals surface area contributed by atoms with E-state index in [0.29, 0.717) is 30.6 Å². The molecule has 16 heavy (non-hydrogen) atoms. The minimum atomic E-state index is -0.102. The van der Waals surface area contributed by atoms with E-state index in [1.54, 1.807) is 23.5 Å². The SMILES string of the molecule is O=C1NCCN1c1cnc(-c2ncc[nH]2)[nH]1. The number of amides is 2. The molecule has 0 saturated carbocycles. The summed E-state index contributed by atoms with van der Waals surface area (Å²) in [4.78, 5) is 27.3. The third-order valence-electron chi connectivity index (χ3n) is 2.43. The van der Waals surface area contributed by atoms with Crippen LogP contribution < -0.4 is 10.2 Å². The van der Waals surface area contributed by atoms with E-state index >= 15 is 0 Å². The van der Waals surface area contributed by atoms with E-state index < -0.39 is 0 Å². The topological polar surface area (TPSA) is 89.7 Å². The van der Waals surface area contributed by atoms with Gasteiger partial charge in [0.2, 0.25) is 0 Å². The lowest BCUT2D eigenvalue weighted by Gasteiger charge is -2.09. The van der Waals surface area contributed by atoms with Gasteiger partial charge in [-0.3, -0.25) is 4.90 Å². The fourth-order valence-corrected chi connectivity index (χ4v) is 1.67. The Bertz CT molecular complexity index is 502. The summed E-state index contributed by atoms with van der Waals surface area (Å²) in [6.45, 7) is 1.31. The molecule has 0 atom stereocenters. The molecule has 0 unspecified atom stereocenters. The van der Waals surface area contributed by atoms with Crippen LogP contribution >= 0.6 is 0 Å². The molecule has 82 valence electrons. The van der Waals surface area contributed by atoms with Gasteiger partial charge in [0.05, 0.1) is 6.20 Å². The maximum Gasteiger partial charge on any atom is 0.323 e. The molecule has 2 aromatic heterocycles. The van der Waals surface area contributed by atoms with Crippen molar-refractivity contribution in [3.05, 3.63) is 18.6 Å². The number of rotatable bonds is 2. The summed E-state index contributed by atoms with van der Waals surface area (Å²) in [6, 6.07) is -0.102. The average Bonchev–Trinajstić information content (AvgIpc) is 2.96. The molecule has 3 N–H and O–H groups in total. The van der Waals surface area contributed by atoms with E-state index in [0.717, 1.165) is 0 Å². The molecule has 0 radical (unpaired) electrons. The minimum absolute atomic E-state index is 0.102. The van der Waals surface area contributed by atoms with Gasteiger partial charge in [0.1, 0.15) is 5.82 Å². The predicted molar refractivity (Wildman–Crippen MR) is 56.9 cm³/mol. The van der Waals surface area contributed by atoms with Gasteiger partial charge >= 0.3 is 6.03 Å². The van der Waals surface area contributed by atoms with Gasteiger partial charge in [0.25, 0.3) is 0 Å². The first-order valence-corrected chi connectivity index (χ1v) is 4.95. The van der Waals surface area contributed by atoms with Crippen molar-refractivity contribution in [1.82, 2.24) is 25.3 Å². The highest BCUT2D eigenvalue weighted by atomic mass is 16.2. The van der Waals surface area contributed by atoms with Crippen molar-refractivity contribution in [1.29, 1.82) is 0 Å². The zero-order valence-corrected chi connectivity index (χ0v) is 8.40. The molecule has 7 heteroatoms. The number of anilines is 1. The van der Waals surface area contributed by atoms with Crippen LogP contribution in [0.2, 0.25) is 0 Å². The molecule has 2 aromatic rings. The summed E-state index contributed by atoms with van der Waals surface area (Å²) in [5.74, 6) is 1.96. The molecule has 7 nitrogen and oxygen atoms in total. The van der Waals surface area contributed by atoms with Crippen LogP contribution in [-0.4, -0.2) is 39.1 Å². The smallest absolute Gasteiger partial charge is 0.323 e. The summed E-state index contributed by atoms with van der Waals surface area (Å²) in [5, 5.41) is 2.73. The van der Waals surface area contributed by atoms with Crippen molar-refractivity contribution in [2.45, 2.75) is 0 Å². The van der Waals surface area contributed by atoms with Gasteiger partial charge in [0.15, 0.2) is 11.6 Å². The normalized spacial score (nSPS) is 15.5. The van der Waals surface area contributed by atoms with Crippen LogP contribution in [0.25, 0.3) is 11.6 Å². The summed E-state index contributed by atoms with van der Waals surface area (Å²) < 4.78 is 0. The molecule has 0 spiro atoms. The number of hydrogen-bond acceptors (Lipinski definition) is 3. The lowest BCUT2D eigenvalue weighted by Crippen LogP contribution is -2.27. The van der Waals surface area contributed by atoms with E-state index in [1.807, 2.05) is 0 Å². The predicted octanol–water partition coefficient (Wildman–Crippen LogP) is 0.329. The molecule has 2 amide bonds. The van der Waals surface area contributed by atoms with Crippen molar-refractivity contribution < 1.29 is 4.79 Å². The Hall–Kier alpha value is -2.31. The van der Waals surface area contributed by atoms with Crippen molar-refractivity contribution in [3.8, 4) is 11.6 Å². The summed E-state index contributed by atoms with van der Waals surface area (Å²) in [5.41, 5.74) is 0. The Morgan fingerprint density at radius 3 is 2.94 bits per heavy atom. The van der Waals surface area contributed by atoms with E-state index in [1.165, 1.54) is 0 Å². The number of nitrogens with one attached hydrogen (secondary N) is 3. The third-order valence-corrected chi connectivity index (χ3v) is 2.43. The molecule has 1 aliphatic rings. The van der Waals surface area contributed by atoms with Crippen molar-refractivity contribution in [2.24, 2.45) is 0 Å². The standard InChI is InChI=1S/C9H10N6O/c16-9-12-3-4-15(9)6-5-13-8(14-6)7-10-1-2-11-7/h1-2,5H,3-4H2,(H,10,11)(H,12,16)(H,13,14). The second-order valence-corrected chi connectivity index (χ2v) is 3.44. The average molecular weight is 218 g/mol. The Kier molecular flexibility index (Phi) is 1.89. The number of aromatic nitrogens is 4. The molecule has 1 aliphatic heterocycles. The van der Waals surface area contributed by atoms with Crippen LogP contribution in [0.1, 0.15) is 0 Å². The van der Waals surface area contributed by atoms with Gasteiger partial charge in [-0.25, -0.2) is 14.8 Å². The Morgan fingerprint density at radius 2 is 2.25 bits per heavy atom. The zero-order chi connectivity index (χ0) is 11.0. The number of carbonyl (C=O) groups excluding carboxylic acids is 1. The van der Waals surface area contributed by atoms with E-state index in [9.17, 15) is 4.79 Å². The van der Waals surface area contributed by atoms with Crippen LogP contribution in [0.3, 0.4) is 0 Å². The van der Waals surface area contributed by atoms with Crippen molar-refractivity contribution in [3.63, 3.8) is 0 Å². The lowest BCUT2D eigenvalue weighted by molar-refractivity contribution is 0.252. The van der Waals surface area contributed by atoms with Gasteiger partial charge in [-0.05, 0) is 0 Å². The highest BCUT2D eigenvalue weighted by Crippen LogP contribution is 2.17. The molecule has 0 aromatic carbocycles. The largest absolute Gasteiger partial charge is 0.342 e. The first-order valence-electron chi connectivity index (χ1n) is 4.95. The molecule has 0 aliphatic carbocycles.